The fourth-order valence-corrected chi connectivity index (χ4v) is 3.29. The van der Waals surface area contributed by atoms with Crippen LogP contribution in [0.5, 0.6) is 0 Å². The minimum Gasteiger partial charge on any atom is -0.859 e. The molecule has 0 unspecified atom stereocenters. The number of hydrogen-bond acceptors (Lipinski definition) is 6. The van der Waals surface area contributed by atoms with E-state index in [0.717, 1.165) is 22.8 Å². The molecule has 6 aromatic rings. The predicted molar refractivity (Wildman–Crippen MR) is 171 cm³/mol. The van der Waals surface area contributed by atoms with E-state index in [0.29, 0.717) is 11.3 Å². The number of nitrogens with zero attached hydrogens (tertiary/aromatic N) is 6. The standard InChI is InChI=1S/C13H11N2O.2C10H8N2.F6P.Ru/c16-13(11-7-3-1-4-8-11)15-14-12-9-5-2-6-10-12;2*1-3-7-11-9(5-1)10-6-2-4-8-12-10;1-7(2,3,4,5)6;/h1-10H,(H,15,16);2*1-8H;;/q-1;;;-1;+3/p-1. The van der Waals surface area contributed by atoms with Crippen molar-refractivity contribution >= 4 is 19.4 Å². The molecule has 0 bridgehead atoms. The summed E-state index contributed by atoms with van der Waals surface area (Å²) in [5, 5.41) is 15.2. The van der Waals surface area contributed by atoms with Gasteiger partial charge in [0.1, 0.15) is 0 Å². The average molecular weight is 769 g/mol. The van der Waals surface area contributed by atoms with E-state index in [1.165, 1.54) is 0 Å². The molecule has 15 heteroatoms. The SMILES string of the molecule is F[P-](F)(F)(F)(F)F.[O-]/C(=N\[N-]c1ccccc1)c1ccccc1.[Ru+3].c1ccc(-c2ccccn2)nc1.c1ccc(-c2ccccn2)nc1. The number of pyridine rings is 4. The first-order chi connectivity index (χ1) is 22.2. The Morgan fingerprint density at radius 2 is 0.771 bits per heavy atom. The van der Waals surface area contributed by atoms with E-state index >= 15 is 0 Å². The molecular formula is C33H26F6N6OPRu. The summed E-state index contributed by atoms with van der Waals surface area (Å²) in [7, 11) is -10.7. The van der Waals surface area contributed by atoms with Crippen molar-refractivity contribution in [3.63, 3.8) is 0 Å². The van der Waals surface area contributed by atoms with E-state index in [4.69, 9.17) is 0 Å². The summed E-state index contributed by atoms with van der Waals surface area (Å²) in [6, 6.07) is 41.2. The third-order valence-corrected chi connectivity index (χ3v) is 5.22. The average Bonchev–Trinajstić information content (AvgIpc) is 3.09. The minimum atomic E-state index is -10.7. The van der Waals surface area contributed by atoms with Crippen molar-refractivity contribution in [2.24, 2.45) is 5.10 Å². The molecule has 4 aromatic heterocycles. The van der Waals surface area contributed by atoms with Crippen molar-refractivity contribution in [2.75, 3.05) is 0 Å². The Kier molecular flexibility index (Phi) is 14.5. The van der Waals surface area contributed by atoms with E-state index in [1.54, 1.807) is 61.2 Å². The second kappa shape index (κ2) is 17.7. The Morgan fingerprint density at radius 1 is 0.479 bits per heavy atom. The van der Waals surface area contributed by atoms with Crippen LogP contribution in [-0.4, -0.2) is 25.8 Å². The number of hydrogen-bond donors (Lipinski definition) is 0. The summed E-state index contributed by atoms with van der Waals surface area (Å²) in [6.45, 7) is 0. The van der Waals surface area contributed by atoms with Crippen molar-refractivity contribution in [1.82, 2.24) is 19.9 Å². The van der Waals surface area contributed by atoms with E-state index in [2.05, 4.69) is 30.5 Å². The van der Waals surface area contributed by atoms with Crippen LogP contribution in [-0.2, 0) is 19.5 Å². The third kappa shape index (κ3) is 18.2. The topological polar surface area (TPSA) is 101 Å². The van der Waals surface area contributed by atoms with Crippen LogP contribution in [0.1, 0.15) is 5.56 Å². The largest absolute Gasteiger partial charge is 3.00 e. The number of rotatable bonds is 5. The molecule has 6 rings (SSSR count). The van der Waals surface area contributed by atoms with Crippen LogP contribution in [0.3, 0.4) is 0 Å². The smallest absolute Gasteiger partial charge is 0.859 e. The zero-order chi connectivity index (χ0) is 34.1. The fourth-order valence-electron chi connectivity index (χ4n) is 3.29. The molecule has 0 fully saturated rings. The van der Waals surface area contributed by atoms with Crippen molar-refractivity contribution in [2.45, 2.75) is 0 Å². The molecule has 0 aliphatic carbocycles. The summed E-state index contributed by atoms with van der Waals surface area (Å²) in [5.74, 6) is -0.329. The first-order valence-electron chi connectivity index (χ1n) is 13.5. The first-order valence-corrected chi connectivity index (χ1v) is 15.5. The van der Waals surface area contributed by atoms with Gasteiger partial charge in [0.25, 0.3) is 0 Å². The molecule has 0 N–H and O–H groups in total. The van der Waals surface area contributed by atoms with Crippen LogP contribution in [0, 0.1) is 0 Å². The molecule has 48 heavy (non-hydrogen) atoms. The molecule has 0 amide bonds. The molecule has 0 saturated carbocycles. The molecule has 7 nitrogen and oxygen atoms in total. The molecule has 1 radical (unpaired) electrons. The van der Waals surface area contributed by atoms with Crippen LogP contribution in [0.2, 0.25) is 0 Å². The second-order valence-corrected chi connectivity index (χ2v) is 10.9. The van der Waals surface area contributed by atoms with Gasteiger partial charge in [-0.1, -0.05) is 84.9 Å². The van der Waals surface area contributed by atoms with Gasteiger partial charge in [0.05, 0.1) is 22.8 Å². The van der Waals surface area contributed by atoms with Gasteiger partial charge in [-0.15, -0.1) is 5.69 Å². The van der Waals surface area contributed by atoms with Gasteiger partial charge in [0.15, 0.2) is 0 Å². The summed E-state index contributed by atoms with van der Waals surface area (Å²) in [5.41, 5.74) is 8.73. The van der Waals surface area contributed by atoms with Crippen molar-refractivity contribution in [3.8, 4) is 22.8 Å². The van der Waals surface area contributed by atoms with Crippen molar-refractivity contribution in [1.29, 1.82) is 0 Å². The second-order valence-electron chi connectivity index (χ2n) is 9.02. The maximum atomic E-state index is 11.6. The maximum Gasteiger partial charge on any atom is 3.00 e. The molecule has 0 aliphatic rings. The first kappa shape index (κ1) is 39.1. The van der Waals surface area contributed by atoms with Gasteiger partial charge in [-0.3, -0.25) is 19.9 Å². The molecule has 249 valence electrons. The maximum absolute atomic E-state index is 11.6. The van der Waals surface area contributed by atoms with Crippen molar-refractivity contribution in [3.05, 3.63) is 169 Å². The quantitative estimate of drug-likeness (QED) is 0.0434. The summed E-state index contributed by atoms with van der Waals surface area (Å²) < 4.78 is 59.2. The van der Waals surface area contributed by atoms with Gasteiger partial charge in [-0.25, -0.2) is 0 Å². The summed E-state index contributed by atoms with van der Waals surface area (Å²) in [6.07, 6.45) is 7.07. The summed E-state index contributed by atoms with van der Waals surface area (Å²) in [4.78, 5) is 16.7. The third-order valence-electron chi connectivity index (χ3n) is 5.22. The summed E-state index contributed by atoms with van der Waals surface area (Å²) >= 11 is 0. The van der Waals surface area contributed by atoms with Gasteiger partial charge in [0.2, 0.25) is 0 Å². The molecule has 0 spiro atoms. The molecule has 2 aromatic carbocycles. The van der Waals surface area contributed by atoms with Crippen LogP contribution in [0.15, 0.2) is 163 Å². The van der Waals surface area contributed by atoms with Crippen molar-refractivity contribution < 1.29 is 49.8 Å². The van der Waals surface area contributed by atoms with E-state index < -0.39 is 7.81 Å². The number of aromatic nitrogens is 4. The van der Waals surface area contributed by atoms with E-state index in [1.807, 2.05) is 97.1 Å². The van der Waals surface area contributed by atoms with Crippen LogP contribution < -0.4 is 5.11 Å². The predicted octanol–water partition coefficient (Wildman–Crippen LogP) is 10.1. The Bertz CT molecular complexity index is 1620. The molecule has 4 heterocycles. The van der Waals surface area contributed by atoms with Gasteiger partial charge in [0, 0.05) is 24.8 Å². The van der Waals surface area contributed by atoms with Crippen LogP contribution in [0.25, 0.3) is 28.2 Å². The Hall–Kier alpha value is -5.06. The molecule has 0 saturated heterocycles. The Morgan fingerprint density at radius 3 is 1.06 bits per heavy atom. The van der Waals surface area contributed by atoms with Gasteiger partial charge in [-0.2, -0.15) is 0 Å². The minimum absolute atomic E-state index is 0. The van der Waals surface area contributed by atoms with E-state index in [-0.39, 0.29) is 25.4 Å². The van der Waals surface area contributed by atoms with Gasteiger partial charge in [-0.05, 0) is 60.0 Å². The van der Waals surface area contributed by atoms with Gasteiger partial charge >= 0.3 is 52.5 Å². The van der Waals surface area contributed by atoms with Crippen LogP contribution >= 0.6 is 7.81 Å². The zero-order valence-corrected chi connectivity index (χ0v) is 27.3. The molecule has 0 aliphatic heterocycles. The van der Waals surface area contributed by atoms with Gasteiger partial charge < -0.3 is 15.6 Å². The Balaban J connectivity index is 0.000000229. The molecular weight excluding hydrogens is 742 g/mol. The normalized spacial score (nSPS) is 11.9. The fraction of sp³-hybridized carbons (Fsp3) is 0. The Labute approximate surface area is 285 Å². The van der Waals surface area contributed by atoms with Crippen LogP contribution in [0.4, 0.5) is 30.9 Å². The number of benzene rings is 2. The monoisotopic (exact) mass is 769 g/mol. The number of halogens is 6. The van der Waals surface area contributed by atoms with E-state index in [9.17, 15) is 30.3 Å². The zero-order valence-electron chi connectivity index (χ0n) is 24.7. The molecule has 0 atom stereocenters.